The summed E-state index contributed by atoms with van der Waals surface area (Å²) in [6.07, 6.45) is 8.21. The van der Waals surface area contributed by atoms with Gasteiger partial charge in [0.2, 0.25) is 5.88 Å². The van der Waals surface area contributed by atoms with Crippen molar-refractivity contribution in [1.29, 1.82) is 0 Å². The highest BCUT2D eigenvalue weighted by atomic mass is 19.1. The highest BCUT2D eigenvalue weighted by Crippen LogP contribution is 2.50. The fraction of sp³-hybridized carbons (Fsp3) is 0.556. The number of amidine groups is 1. The van der Waals surface area contributed by atoms with Crippen LogP contribution in [0, 0.1) is 5.82 Å². The predicted molar refractivity (Wildman–Crippen MR) is 136 cm³/mol. The molecule has 10 nitrogen and oxygen atoms in total. The molecule has 0 radical (unpaired) electrons. The zero-order valence-electron chi connectivity index (χ0n) is 21.6. The Morgan fingerprint density at radius 3 is 2.82 bits per heavy atom. The lowest BCUT2D eigenvalue weighted by Gasteiger charge is -2.58. The van der Waals surface area contributed by atoms with Crippen molar-refractivity contribution in [3.63, 3.8) is 0 Å². The molecule has 0 aromatic carbocycles. The van der Waals surface area contributed by atoms with Crippen LogP contribution in [0.3, 0.4) is 0 Å². The fourth-order valence-corrected chi connectivity index (χ4v) is 6.25. The SMILES string of the molecule is COc1ccc2ncc(F)c(CC(C)(O)C34CCC(NCC56CC=CN=C5NC(=O)CO6)(CC3)CO4)c2n1. The smallest absolute Gasteiger partial charge is 0.251 e. The van der Waals surface area contributed by atoms with Gasteiger partial charge in [0.1, 0.15) is 23.9 Å². The molecule has 3 saturated heterocycles. The number of methoxy groups -OCH3 is 1. The van der Waals surface area contributed by atoms with E-state index in [1.165, 1.54) is 13.3 Å². The van der Waals surface area contributed by atoms with Gasteiger partial charge in [-0.05, 0) is 38.7 Å². The highest BCUT2D eigenvalue weighted by molar-refractivity contribution is 6.06. The summed E-state index contributed by atoms with van der Waals surface area (Å²) >= 11 is 0. The van der Waals surface area contributed by atoms with Crippen molar-refractivity contribution in [1.82, 2.24) is 20.6 Å². The average molecular weight is 526 g/mol. The van der Waals surface area contributed by atoms with E-state index in [-0.39, 0.29) is 24.5 Å². The second-order valence-corrected chi connectivity index (χ2v) is 11.1. The molecule has 38 heavy (non-hydrogen) atoms. The Labute approximate surface area is 219 Å². The second-order valence-electron chi connectivity index (χ2n) is 11.1. The molecule has 202 valence electrons. The van der Waals surface area contributed by atoms with E-state index in [1.54, 1.807) is 25.3 Å². The highest BCUT2D eigenvalue weighted by Gasteiger charge is 2.58. The molecule has 1 amide bonds. The lowest BCUT2D eigenvalue weighted by Crippen LogP contribution is -2.71. The van der Waals surface area contributed by atoms with Gasteiger partial charge >= 0.3 is 0 Å². The molecule has 2 aromatic heterocycles. The van der Waals surface area contributed by atoms with Gasteiger partial charge in [-0.2, -0.15) is 0 Å². The van der Waals surface area contributed by atoms with E-state index in [0.717, 1.165) is 12.8 Å². The van der Waals surface area contributed by atoms with Crippen molar-refractivity contribution in [2.75, 3.05) is 26.9 Å². The molecule has 1 aliphatic carbocycles. The molecular weight excluding hydrogens is 493 g/mol. The minimum Gasteiger partial charge on any atom is -0.481 e. The fourth-order valence-electron chi connectivity index (χ4n) is 6.25. The Morgan fingerprint density at radius 2 is 2.08 bits per heavy atom. The van der Waals surface area contributed by atoms with Crippen molar-refractivity contribution < 1.29 is 28.5 Å². The van der Waals surface area contributed by atoms with E-state index in [0.29, 0.717) is 60.7 Å². The first kappa shape index (κ1) is 25.3. The van der Waals surface area contributed by atoms with E-state index < -0.39 is 22.6 Å². The summed E-state index contributed by atoms with van der Waals surface area (Å²) in [6, 6.07) is 3.41. The lowest BCUT2D eigenvalue weighted by molar-refractivity contribution is -0.244. The second kappa shape index (κ2) is 9.04. The van der Waals surface area contributed by atoms with Crippen LogP contribution in [0.1, 0.15) is 44.6 Å². The number of carbonyl (C=O) groups excluding carboxylic acids is 1. The summed E-state index contributed by atoms with van der Waals surface area (Å²) in [5.41, 5.74) is -1.95. The number of rotatable bonds is 7. The molecule has 0 spiro atoms. The summed E-state index contributed by atoms with van der Waals surface area (Å²) in [7, 11) is 1.50. The molecule has 3 N–H and O–H groups in total. The summed E-state index contributed by atoms with van der Waals surface area (Å²) in [4.78, 5) is 24.7. The van der Waals surface area contributed by atoms with E-state index in [9.17, 15) is 9.90 Å². The molecule has 4 aliphatic heterocycles. The Bertz CT molecular complexity index is 1320. The van der Waals surface area contributed by atoms with E-state index in [4.69, 9.17) is 14.2 Å². The zero-order chi connectivity index (χ0) is 26.6. The maximum Gasteiger partial charge on any atom is 0.251 e. The molecule has 2 atom stereocenters. The Balaban J connectivity index is 1.18. The first-order valence-electron chi connectivity index (χ1n) is 13.0. The number of nitrogens with zero attached hydrogens (tertiary/aromatic N) is 3. The first-order valence-corrected chi connectivity index (χ1v) is 13.0. The number of aliphatic hydroxyl groups is 1. The summed E-state index contributed by atoms with van der Waals surface area (Å²) < 4.78 is 32.7. The number of hydrogen-bond acceptors (Lipinski definition) is 9. The van der Waals surface area contributed by atoms with Crippen molar-refractivity contribution >= 4 is 22.8 Å². The molecular formula is C27H32FN5O5. The molecule has 1 saturated carbocycles. The standard InChI is InChI=1S/C27H32FN5O5/c1-24(35,12-17-18(28)13-30-19-4-5-21(36-2)33-22(17)19)27-9-7-25(8-10-27,16-38-27)31-15-26-6-3-11-29-23(26)32-20(34)14-37-26/h3-5,11,13,31,35H,6-10,12,14-16H2,1-2H3,(H,29,32,34). The molecule has 4 fully saturated rings. The van der Waals surface area contributed by atoms with E-state index in [1.807, 2.05) is 6.08 Å². The normalized spacial score (nSPS) is 31.9. The van der Waals surface area contributed by atoms with Crippen molar-refractivity contribution in [2.24, 2.45) is 4.99 Å². The lowest BCUT2D eigenvalue weighted by atomic mass is 9.63. The number of pyridine rings is 2. The number of carbonyl (C=O) groups is 1. The quantitative estimate of drug-likeness (QED) is 0.501. The van der Waals surface area contributed by atoms with Crippen LogP contribution >= 0.6 is 0 Å². The van der Waals surface area contributed by atoms with Gasteiger partial charge < -0.3 is 30.0 Å². The summed E-state index contributed by atoms with van der Waals surface area (Å²) in [5, 5.41) is 18.3. The minimum absolute atomic E-state index is 0.00893. The van der Waals surface area contributed by atoms with E-state index >= 15 is 4.39 Å². The van der Waals surface area contributed by atoms with Gasteiger partial charge in [0.15, 0.2) is 0 Å². The molecule has 2 bridgehead atoms. The van der Waals surface area contributed by atoms with Gasteiger partial charge in [0.05, 0.1) is 42.1 Å². The maximum absolute atomic E-state index is 15.0. The number of ether oxygens (including phenoxy) is 3. The van der Waals surface area contributed by atoms with Crippen LogP contribution in [0.2, 0.25) is 0 Å². The van der Waals surface area contributed by atoms with Gasteiger partial charge in [0.25, 0.3) is 5.91 Å². The average Bonchev–Trinajstić information content (AvgIpc) is 2.94. The van der Waals surface area contributed by atoms with E-state index in [2.05, 4.69) is 25.6 Å². The van der Waals surface area contributed by atoms with Crippen molar-refractivity contribution in [2.45, 2.75) is 67.8 Å². The monoisotopic (exact) mass is 525 g/mol. The van der Waals surface area contributed by atoms with Gasteiger partial charge in [-0.15, -0.1) is 0 Å². The molecule has 2 aromatic rings. The minimum atomic E-state index is -1.34. The number of morpholine rings is 1. The van der Waals surface area contributed by atoms with Crippen LogP contribution in [0.5, 0.6) is 5.88 Å². The van der Waals surface area contributed by atoms with Crippen LogP contribution < -0.4 is 15.4 Å². The molecule has 5 aliphatic rings. The molecule has 6 heterocycles. The third kappa shape index (κ3) is 4.08. The Morgan fingerprint density at radius 1 is 1.26 bits per heavy atom. The Hall–Kier alpha value is -2.99. The third-order valence-electron chi connectivity index (χ3n) is 8.77. The number of aliphatic imine (C=N–C) groups is 1. The maximum atomic E-state index is 15.0. The number of halogens is 1. The van der Waals surface area contributed by atoms with Gasteiger partial charge in [-0.3, -0.25) is 9.78 Å². The zero-order valence-corrected chi connectivity index (χ0v) is 21.6. The van der Waals surface area contributed by atoms with Crippen LogP contribution in [-0.4, -0.2) is 76.0 Å². The van der Waals surface area contributed by atoms with Gasteiger partial charge in [-0.1, -0.05) is 6.08 Å². The predicted octanol–water partition coefficient (Wildman–Crippen LogP) is 1.94. The van der Waals surface area contributed by atoms with Crippen molar-refractivity contribution in [3.05, 3.63) is 42.0 Å². The largest absolute Gasteiger partial charge is 0.481 e. The van der Waals surface area contributed by atoms with Crippen LogP contribution in [0.25, 0.3) is 11.0 Å². The topological polar surface area (TPSA) is 127 Å². The number of hydrogen-bond donors (Lipinski definition) is 3. The summed E-state index contributed by atoms with van der Waals surface area (Å²) in [5.74, 6) is 0.164. The number of fused-ring (bicyclic) bond motifs is 5. The van der Waals surface area contributed by atoms with Crippen LogP contribution in [-0.2, 0) is 20.7 Å². The Kier molecular flexibility index (Phi) is 6.02. The molecule has 7 rings (SSSR count). The third-order valence-corrected chi connectivity index (χ3v) is 8.77. The van der Waals surface area contributed by atoms with Crippen LogP contribution in [0.15, 0.2) is 35.6 Å². The van der Waals surface area contributed by atoms with Gasteiger partial charge in [-0.25, -0.2) is 14.4 Å². The number of amides is 1. The number of aromatic nitrogens is 2. The molecule has 11 heteroatoms. The van der Waals surface area contributed by atoms with Gasteiger partial charge in [0, 0.05) is 42.8 Å². The van der Waals surface area contributed by atoms with Crippen LogP contribution in [0.4, 0.5) is 4.39 Å². The van der Waals surface area contributed by atoms with Crippen molar-refractivity contribution in [3.8, 4) is 5.88 Å². The molecule has 2 unspecified atom stereocenters. The number of nitrogens with one attached hydrogen (secondary N) is 2. The summed E-state index contributed by atoms with van der Waals surface area (Å²) in [6.45, 7) is 2.59. The first-order chi connectivity index (χ1) is 18.2.